The number of rotatable bonds is 4. The molecule has 1 N–H and O–H groups in total. The molecule has 4 nitrogen and oxygen atoms in total. The third-order valence-corrected chi connectivity index (χ3v) is 5.82. The Morgan fingerprint density at radius 3 is 2.71 bits per heavy atom. The number of hydrogen-bond donors (Lipinski definition) is 1. The maximum absolute atomic E-state index is 11.2. The predicted molar refractivity (Wildman–Crippen MR) is 143 cm³/mol. The van der Waals surface area contributed by atoms with E-state index in [-0.39, 0.29) is 6.04 Å². The first kappa shape index (κ1) is 23.8. The van der Waals surface area contributed by atoms with Gasteiger partial charge in [0.15, 0.2) is 0 Å². The molecule has 2 aromatic rings. The Bertz CT molecular complexity index is 820. The van der Waals surface area contributed by atoms with Crippen molar-refractivity contribution in [1.82, 2.24) is 9.88 Å². The van der Waals surface area contributed by atoms with Crippen molar-refractivity contribution in [1.29, 1.82) is 0 Å². The number of aliphatic hydroxyl groups is 1. The zero-order valence-electron chi connectivity index (χ0n) is 15.6. The van der Waals surface area contributed by atoms with Gasteiger partial charge in [0, 0.05) is 24.2 Å². The summed E-state index contributed by atoms with van der Waals surface area (Å²) in [5.41, 5.74) is 1.85. The van der Waals surface area contributed by atoms with Gasteiger partial charge in [-0.25, -0.2) is 0 Å². The molecule has 0 saturated carbocycles. The fourth-order valence-electron chi connectivity index (χ4n) is 4.44. The van der Waals surface area contributed by atoms with Crippen molar-refractivity contribution >= 4 is 74.2 Å². The topological polar surface area (TPSA) is 45.6 Å². The number of hydrogen-bond acceptors (Lipinski definition) is 4. The second-order valence-corrected chi connectivity index (χ2v) is 82.7. The molecule has 3 fully saturated rings. The van der Waals surface area contributed by atoms with Crippen LogP contribution in [-0.4, -0.2) is 50.4 Å². The summed E-state index contributed by atoms with van der Waals surface area (Å²) < 4.78 is 5.35. The van der Waals surface area contributed by atoms with E-state index in [1.54, 1.807) is 13.3 Å². The van der Waals surface area contributed by atoms with Gasteiger partial charge in [0.05, 0.1) is 18.7 Å². The van der Waals surface area contributed by atoms with E-state index < -0.39 is 15.3 Å². The van der Waals surface area contributed by atoms with Crippen LogP contribution in [0, 0.1) is 11.8 Å². The molecule has 4 heterocycles. The van der Waals surface area contributed by atoms with Crippen molar-refractivity contribution in [2.24, 2.45) is 11.8 Å². The van der Waals surface area contributed by atoms with Crippen molar-refractivity contribution in [2.75, 3.05) is 20.2 Å². The first-order chi connectivity index (χ1) is 13.4. The van der Waals surface area contributed by atoms with Crippen molar-refractivity contribution in [2.45, 2.75) is 25.0 Å². The third kappa shape index (κ3) is 5.69. The quantitative estimate of drug-likeness (QED) is 0.252. The first-order valence-electron chi connectivity index (χ1n) is 9.19. The van der Waals surface area contributed by atoms with Crippen LogP contribution in [0.1, 0.15) is 24.5 Å². The summed E-state index contributed by atoms with van der Waals surface area (Å²) in [5, 5.41) is 12.1. The van der Waals surface area contributed by atoms with Gasteiger partial charge in [-0.15, -0.1) is 6.58 Å². The Hall–Kier alpha value is 1.16. The monoisotopic (exact) mass is 914 g/mol. The maximum atomic E-state index is 11.2. The van der Waals surface area contributed by atoms with Crippen LogP contribution in [0.2, 0.25) is 0 Å². The predicted octanol–water partition coefficient (Wildman–Crippen LogP) is 5.45. The molecule has 0 spiro atoms. The van der Waals surface area contributed by atoms with E-state index in [2.05, 4.69) is 76.7 Å². The van der Waals surface area contributed by atoms with E-state index in [0.29, 0.717) is 11.8 Å². The van der Waals surface area contributed by atoms with E-state index in [9.17, 15) is 5.11 Å². The standard InChI is InChI=1S/C20H24N2O2.Bi.3HI/c1-3-13-12-22-9-7-14(13)10-19(22)20(23)16-6-8-21-18-5-4-15(24-2)11-17(16)18;;;;/h3-6,8,11,13-14,19-20,23H,1,7,9-10,12H2,2H3;;3*1H/q;+3;;;/p-3/t13-,14-,19-,20+;;;;/m0..../s1. The molecule has 28 heavy (non-hydrogen) atoms. The fraction of sp³-hybridized carbons (Fsp3) is 0.450. The Morgan fingerprint density at radius 2 is 2.11 bits per heavy atom. The number of pyridine rings is 1. The number of ether oxygens (including phenoxy) is 1. The van der Waals surface area contributed by atoms with Crippen molar-refractivity contribution in [3.05, 3.63) is 48.7 Å². The number of methoxy groups -OCH3 is 1. The molecule has 1 aromatic carbocycles. The van der Waals surface area contributed by atoms with E-state index in [0.717, 1.165) is 41.7 Å². The molecule has 1 unspecified atom stereocenters. The molecule has 0 radical (unpaired) electrons. The van der Waals surface area contributed by atoms with Gasteiger partial charge in [0.1, 0.15) is 5.75 Å². The van der Waals surface area contributed by atoms with Crippen LogP contribution in [0.5, 0.6) is 5.75 Å². The van der Waals surface area contributed by atoms with E-state index >= 15 is 0 Å². The molecular formula is C20H24BiI3N2O2. The molecule has 1 aromatic heterocycles. The first-order valence-corrected chi connectivity index (χ1v) is 38.5. The van der Waals surface area contributed by atoms with E-state index in [4.69, 9.17) is 4.74 Å². The van der Waals surface area contributed by atoms with Crippen molar-refractivity contribution in [3.8, 4) is 5.75 Å². The summed E-state index contributed by atoms with van der Waals surface area (Å²) in [6, 6.07) is 7.96. The van der Waals surface area contributed by atoms with Crippen LogP contribution in [0.25, 0.3) is 10.9 Å². The van der Waals surface area contributed by atoms with Gasteiger partial charge in [-0.1, -0.05) is 6.08 Å². The fourth-order valence-corrected chi connectivity index (χ4v) is 4.44. The minimum absolute atomic E-state index is 0.178. The molecule has 0 aliphatic carbocycles. The Labute approximate surface area is 202 Å². The van der Waals surface area contributed by atoms with Gasteiger partial charge in [-0.2, -0.15) is 0 Å². The average Bonchev–Trinajstić information content (AvgIpc) is 2.72. The molecule has 2 bridgehead atoms. The van der Waals surface area contributed by atoms with Gasteiger partial charge < -0.3 is 9.84 Å². The molecule has 5 atom stereocenters. The summed E-state index contributed by atoms with van der Waals surface area (Å²) in [5.74, 6) is 2.01. The second-order valence-electron chi connectivity index (χ2n) is 7.17. The Morgan fingerprint density at radius 1 is 1.36 bits per heavy atom. The molecule has 8 heteroatoms. The molecule has 3 aliphatic rings. The van der Waals surface area contributed by atoms with E-state index in [1.807, 2.05) is 24.3 Å². The normalized spacial score (nSPS) is 27.2. The summed E-state index contributed by atoms with van der Waals surface area (Å²) in [6.07, 6.45) is 5.62. The molecule has 5 rings (SSSR count). The molecule has 152 valence electrons. The molecule has 0 amide bonds. The van der Waals surface area contributed by atoms with Crippen molar-refractivity contribution < 1.29 is 9.84 Å². The average molecular weight is 914 g/mol. The van der Waals surface area contributed by atoms with Gasteiger partial charge in [-0.3, -0.25) is 9.88 Å². The third-order valence-electron chi connectivity index (χ3n) is 5.82. The second kappa shape index (κ2) is 11.2. The van der Waals surface area contributed by atoms with Crippen LogP contribution in [-0.2, 0) is 0 Å². The minimum atomic E-state index is -0.683. The van der Waals surface area contributed by atoms with Gasteiger partial charge in [-0.05, 0) is 61.1 Å². The zero-order chi connectivity index (χ0) is 20.3. The number of piperidine rings is 3. The molecular weight excluding hydrogens is 890 g/mol. The number of nitrogens with zero attached hydrogens (tertiary/aromatic N) is 2. The molecule has 3 saturated heterocycles. The van der Waals surface area contributed by atoms with Crippen LogP contribution in [0.15, 0.2) is 43.1 Å². The number of fused-ring (bicyclic) bond motifs is 4. The number of halogens is 3. The summed E-state index contributed by atoms with van der Waals surface area (Å²) in [6.45, 7) is 6.07. The van der Waals surface area contributed by atoms with Crippen LogP contribution < -0.4 is 4.74 Å². The zero-order valence-corrected chi connectivity index (χ0v) is 25.6. The van der Waals surface area contributed by atoms with Gasteiger partial charge >= 0.3 is 63.3 Å². The van der Waals surface area contributed by atoms with Crippen LogP contribution in [0.3, 0.4) is 0 Å². The summed E-state index contributed by atoms with van der Waals surface area (Å²) >= 11 is 7.56. The number of aromatic nitrogens is 1. The van der Waals surface area contributed by atoms with E-state index in [1.165, 1.54) is 6.42 Å². The summed E-state index contributed by atoms with van der Waals surface area (Å²) in [4.78, 5) is 6.86. The SMILES string of the molecule is C=C[C@H]1CN2CC[C@H]1C[C@H]2[C@H](O)c1ccnc2ccc(OC)cc12.[I][Bi]([I])[I]. The summed E-state index contributed by atoms with van der Waals surface area (Å²) in [7, 11) is 0.979. The van der Waals surface area contributed by atoms with Gasteiger partial charge in [0.25, 0.3) is 0 Å². The van der Waals surface area contributed by atoms with Crippen LogP contribution in [0.4, 0.5) is 0 Å². The Balaban J connectivity index is 0.000000516. The number of aliphatic hydroxyl groups excluding tert-OH is 1. The number of benzene rings is 1. The van der Waals surface area contributed by atoms with Crippen molar-refractivity contribution in [3.63, 3.8) is 0 Å². The van der Waals surface area contributed by atoms with Gasteiger partial charge in [0.2, 0.25) is 0 Å². The Kier molecular flexibility index (Phi) is 9.49. The molecule has 3 aliphatic heterocycles. The van der Waals surface area contributed by atoms with Crippen LogP contribution >= 0.6 is 54.1 Å².